The van der Waals surface area contributed by atoms with Gasteiger partial charge in [0.2, 0.25) is 17.7 Å². The average molecular weight is 573 g/mol. The summed E-state index contributed by atoms with van der Waals surface area (Å²) < 4.78 is 0. The van der Waals surface area contributed by atoms with Gasteiger partial charge in [-0.05, 0) is 65.8 Å². The van der Waals surface area contributed by atoms with E-state index in [1.807, 2.05) is 62.4 Å². The van der Waals surface area contributed by atoms with E-state index in [4.69, 9.17) is 5.73 Å². The van der Waals surface area contributed by atoms with Crippen LogP contribution in [0.3, 0.4) is 0 Å². The van der Waals surface area contributed by atoms with Crippen molar-refractivity contribution in [3.63, 3.8) is 0 Å². The highest BCUT2D eigenvalue weighted by molar-refractivity contribution is 5.95. The van der Waals surface area contributed by atoms with Crippen molar-refractivity contribution in [2.75, 3.05) is 0 Å². The standard InChI is InChI=1S/C32H36N4O6/c1-19-12-24(37)13-20(2)25(19)15-26(33)30(40)35-27-14-22-10-6-7-11-23(22)18-36(32(27)42)28(16-29(38)39)31(41)34-17-21-8-4-3-5-9-21/h3-13,26-28,37H,14-18,33H2,1-2H3,(H,34,41)(H,35,40)(H,38,39)/t26-,27-,28-/m0/s1. The molecule has 6 N–H and O–H groups in total. The minimum atomic E-state index is -1.31. The second-order valence-electron chi connectivity index (χ2n) is 10.7. The summed E-state index contributed by atoms with van der Waals surface area (Å²) in [5.41, 5.74) is 11.1. The fourth-order valence-electron chi connectivity index (χ4n) is 5.35. The summed E-state index contributed by atoms with van der Waals surface area (Å²) in [6.07, 6.45) is -0.255. The van der Waals surface area contributed by atoms with Crippen molar-refractivity contribution in [1.29, 1.82) is 0 Å². The zero-order chi connectivity index (χ0) is 30.4. The molecule has 0 saturated carbocycles. The second kappa shape index (κ2) is 13.3. The molecule has 3 atom stereocenters. The predicted octanol–water partition coefficient (Wildman–Crippen LogP) is 2.11. The Morgan fingerprint density at radius 2 is 1.60 bits per heavy atom. The first-order valence-corrected chi connectivity index (χ1v) is 13.8. The van der Waals surface area contributed by atoms with Gasteiger partial charge in [-0.25, -0.2) is 0 Å². The Kier molecular flexibility index (Phi) is 9.59. The molecule has 0 spiro atoms. The number of carbonyl (C=O) groups is 4. The number of nitrogens with zero attached hydrogens (tertiary/aromatic N) is 1. The fourth-order valence-corrected chi connectivity index (χ4v) is 5.35. The van der Waals surface area contributed by atoms with Gasteiger partial charge in [-0.3, -0.25) is 19.2 Å². The zero-order valence-corrected chi connectivity index (χ0v) is 23.7. The van der Waals surface area contributed by atoms with Crippen LogP contribution in [0.15, 0.2) is 66.7 Å². The summed E-state index contributed by atoms with van der Waals surface area (Å²) in [7, 11) is 0. The number of carbonyl (C=O) groups excluding carboxylic acids is 3. The summed E-state index contributed by atoms with van der Waals surface area (Å²) in [6, 6.07) is 16.3. The van der Waals surface area contributed by atoms with Crippen molar-refractivity contribution in [2.24, 2.45) is 5.73 Å². The van der Waals surface area contributed by atoms with Crippen molar-refractivity contribution in [1.82, 2.24) is 15.5 Å². The molecular weight excluding hydrogens is 536 g/mol. The topological polar surface area (TPSA) is 162 Å². The number of fused-ring (bicyclic) bond motifs is 1. The molecule has 3 aromatic carbocycles. The summed E-state index contributed by atoms with van der Waals surface area (Å²) >= 11 is 0. The maximum Gasteiger partial charge on any atom is 0.305 e. The number of nitrogens with two attached hydrogens (primary N) is 1. The fraction of sp³-hybridized carbons (Fsp3) is 0.312. The van der Waals surface area contributed by atoms with E-state index in [0.717, 1.165) is 33.4 Å². The molecule has 0 bridgehead atoms. The van der Waals surface area contributed by atoms with Gasteiger partial charge in [-0.1, -0.05) is 54.6 Å². The van der Waals surface area contributed by atoms with Gasteiger partial charge in [0.05, 0.1) is 12.5 Å². The van der Waals surface area contributed by atoms with Crippen LogP contribution in [0, 0.1) is 13.8 Å². The number of phenolic OH excluding ortho intramolecular Hbond substituents is 1. The average Bonchev–Trinajstić information content (AvgIpc) is 3.08. The molecule has 1 aliphatic rings. The lowest BCUT2D eigenvalue weighted by atomic mass is 9.95. The minimum absolute atomic E-state index is 0.00995. The van der Waals surface area contributed by atoms with Gasteiger partial charge in [-0.2, -0.15) is 0 Å². The molecule has 3 amide bonds. The summed E-state index contributed by atoms with van der Waals surface area (Å²) in [5.74, 6) is -2.83. The normalized spacial score (nSPS) is 16.1. The maximum absolute atomic E-state index is 13.9. The predicted molar refractivity (Wildman–Crippen MR) is 156 cm³/mol. The van der Waals surface area contributed by atoms with Gasteiger partial charge in [0, 0.05) is 19.5 Å². The molecule has 10 nitrogen and oxygen atoms in total. The molecule has 0 aromatic heterocycles. The molecule has 10 heteroatoms. The SMILES string of the molecule is Cc1cc(O)cc(C)c1C[C@H](N)C(=O)N[C@H]1Cc2ccccc2CN([C@@H](CC(=O)O)C(=O)NCc2ccccc2)C1=O. The van der Waals surface area contributed by atoms with Crippen LogP contribution in [0.2, 0.25) is 0 Å². The Morgan fingerprint density at radius 3 is 2.24 bits per heavy atom. The van der Waals surface area contributed by atoms with Crippen molar-refractivity contribution in [3.8, 4) is 5.75 Å². The van der Waals surface area contributed by atoms with Crippen LogP contribution < -0.4 is 16.4 Å². The first-order valence-electron chi connectivity index (χ1n) is 13.8. The van der Waals surface area contributed by atoms with Crippen LogP contribution in [0.1, 0.15) is 39.8 Å². The van der Waals surface area contributed by atoms with Crippen LogP contribution in [-0.4, -0.2) is 56.9 Å². The third-order valence-electron chi connectivity index (χ3n) is 7.58. The number of nitrogens with one attached hydrogen (secondary N) is 2. The molecule has 220 valence electrons. The molecule has 3 aromatic rings. The van der Waals surface area contributed by atoms with E-state index < -0.39 is 48.2 Å². The smallest absolute Gasteiger partial charge is 0.305 e. The first kappa shape index (κ1) is 30.3. The molecule has 1 aliphatic heterocycles. The number of hydrogen-bond acceptors (Lipinski definition) is 6. The number of hydrogen-bond donors (Lipinski definition) is 5. The highest BCUT2D eigenvalue weighted by atomic mass is 16.4. The van der Waals surface area contributed by atoms with Crippen LogP contribution in [0.25, 0.3) is 0 Å². The van der Waals surface area contributed by atoms with Crippen LogP contribution in [0.5, 0.6) is 5.75 Å². The molecular formula is C32H36N4O6. The number of rotatable bonds is 10. The molecule has 0 radical (unpaired) electrons. The molecule has 42 heavy (non-hydrogen) atoms. The van der Waals surface area contributed by atoms with Crippen molar-refractivity contribution in [3.05, 3.63) is 100 Å². The minimum Gasteiger partial charge on any atom is -0.508 e. The molecule has 0 fully saturated rings. The van der Waals surface area contributed by atoms with E-state index in [0.29, 0.717) is 0 Å². The van der Waals surface area contributed by atoms with Gasteiger partial charge in [0.25, 0.3) is 0 Å². The Morgan fingerprint density at radius 1 is 0.976 bits per heavy atom. The lowest BCUT2D eigenvalue weighted by molar-refractivity contribution is -0.148. The number of carboxylic acids is 1. The third-order valence-corrected chi connectivity index (χ3v) is 7.58. The Hall–Kier alpha value is -4.70. The first-order chi connectivity index (χ1) is 20.0. The summed E-state index contributed by atoms with van der Waals surface area (Å²) in [4.78, 5) is 53.7. The van der Waals surface area contributed by atoms with E-state index in [9.17, 15) is 29.4 Å². The van der Waals surface area contributed by atoms with Gasteiger partial charge in [0.15, 0.2) is 0 Å². The Bertz CT molecular complexity index is 1450. The third kappa shape index (κ3) is 7.32. The van der Waals surface area contributed by atoms with Crippen LogP contribution in [0.4, 0.5) is 0 Å². The Labute approximate surface area is 244 Å². The molecule has 0 aliphatic carbocycles. The molecule has 0 unspecified atom stereocenters. The molecule has 1 heterocycles. The van der Waals surface area contributed by atoms with Gasteiger partial charge >= 0.3 is 5.97 Å². The van der Waals surface area contributed by atoms with Crippen molar-refractivity contribution >= 4 is 23.7 Å². The number of phenols is 1. The lowest BCUT2D eigenvalue weighted by Crippen LogP contribution is -2.57. The van der Waals surface area contributed by atoms with E-state index >= 15 is 0 Å². The van der Waals surface area contributed by atoms with Crippen LogP contribution >= 0.6 is 0 Å². The van der Waals surface area contributed by atoms with E-state index in [1.165, 1.54) is 4.90 Å². The van der Waals surface area contributed by atoms with Gasteiger partial charge < -0.3 is 31.5 Å². The van der Waals surface area contributed by atoms with E-state index in [1.54, 1.807) is 18.2 Å². The second-order valence-corrected chi connectivity index (χ2v) is 10.7. The van der Waals surface area contributed by atoms with Crippen molar-refractivity contribution in [2.45, 2.75) is 64.3 Å². The number of aryl methyl sites for hydroxylation is 2. The number of aromatic hydroxyl groups is 1. The summed E-state index contributed by atoms with van der Waals surface area (Å²) in [5, 5.41) is 25.0. The largest absolute Gasteiger partial charge is 0.508 e. The van der Waals surface area contributed by atoms with Gasteiger partial charge in [0.1, 0.15) is 17.8 Å². The number of benzene rings is 3. The summed E-state index contributed by atoms with van der Waals surface area (Å²) in [6.45, 7) is 3.82. The number of carboxylic acid groups (broad SMARTS) is 1. The molecule has 4 rings (SSSR count). The zero-order valence-electron chi connectivity index (χ0n) is 23.7. The number of aliphatic carboxylic acids is 1. The highest BCUT2D eigenvalue weighted by Crippen LogP contribution is 2.24. The monoisotopic (exact) mass is 572 g/mol. The van der Waals surface area contributed by atoms with Crippen molar-refractivity contribution < 1.29 is 29.4 Å². The Balaban J connectivity index is 1.58. The van der Waals surface area contributed by atoms with Crippen LogP contribution in [-0.2, 0) is 45.1 Å². The number of amides is 3. The maximum atomic E-state index is 13.9. The van der Waals surface area contributed by atoms with E-state index in [-0.39, 0.29) is 31.7 Å². The highest BCUT2D eigenvalue weighted by Gasteiger charge is 2.39. The molecule has 0 saturated heterocycles. The van der Waals surface area contributed by atoms with Gasteiger partial charge in [-0.15, -0.1) is 0 Å². The van der Waals surface area contributed by atoms with E-state index in [2.05, 4.69) is 10.6 Å². The quantitative estimate of drug-likeness (QED) is 0.249. The lowest BCUT2D eigenvalue weighted by Gasteiger charge is -2.31.